The standard InChI is InChI=1S/C19H25N3O2/c1-22(13-20)19(24)17(12-11-14-7-3-2-4-8-14)15-9-5-6-10-16(15)18(21)23/h5-6,9-10,14,17H,2-4,7-8,11-12H2,1H3,(H2,21,23)/t17-/m0/s1. The van der Waals surface area contributed by atoms with Gasteiger partial charge in [-0.05, 0) is 30.4 Å². The van der Waals surface area contributed by atoms with Crippen LogP contribution >= 0.6 is 0 Å². The molecule has 0 radical (unpaired) electrons. The lowest BCUT2D eigenvalue weighted by Crippen LogP contribution is -2.30. The fourth-order valence-electron chi connectivity index (χ4n) is 3.60. The van der Waals surface area contributed by atoms with Crippen LogP contribution in [0.15, 0.2) is 24.3 Å². The molecule has 5 heteroatoms. The maximum atomic E-state index is 12.7. The van der Waals surface area contributed by atoms with Crippen molar-refractivity contribution in [2.24, 2.45) is 11.7 Å². The van der Waals surface area contributed by atoms with Gasteiger partial charge in [0.1, 0.15) is 0 Å². The lowest BCUT2D eigenvalue weighted by atomic mass is 9.81. The summed E-state index contributed by atoms with van der Waals surface area (Å²) < 4.78 is 0. The van der Waals surface area contributed by atoms with Crippen molar-refractivity contribution in [3.63, 3.8) is 0 Å². The van der Waals surface area contributed by atoms with Crippen LogP contribution in [0.1, 0.15) is 66.8 Å². The molecule has 0 unspecified atom stereocenters. The second-order valence-corrected chi connectivity index (χ2v) is 6.58. The fourth-order valence-corrected chi connectivity index (χ4v) is 3.60. The number of nitriles is 1. The molecule has 2 N–H and O–H groups in total. The molecular weight excluding hydrogens is 302 g/mol. The minimum atomic E-state index is -0.541. The van der Waals surface area contributed by atoms with E-state index in [1.807, 2.05) is 6.19 Å². The summed E-state index contributed by atoms with van der Waals surface area (Å²) in [6.07, 6.45) is 9.63. The monoisotopic (exact) mass is 327 g/mol. The molecule has 1 aliphatic carbocycles. The summed E-state index contributed by atoms with van der Waals surface area (Å²) in [5.41, 5.74) is 6.47. The molecule has 24 heavy (non-hydrogen) atoms. The maximum Gasteiger partial charge on any atom is 0.249 e. The van der Waals surface area contributed by atoms with E-state index in [2.05, 4.69) is 0 Å². The van der Waals surface area contributed by atoms with Crippen LogP contribution < -0.4 is 5.73 Å². The predicted molar refractivity (Wildman–Crippen MR) is 91.9 cm³/mol. The average molecular weight is 327 g/mol. The van der Waals surface area contributed by atoms with Gasteiger partial charge in [-0.15, -0.1) is 0 Å². The lowest BCUT2D eigenvalue weighted by Gasteiger charge is -2.25. The summed E-state index contributed by atoms with van der Waals surface area (Å²) in [5, 5.41) is 9.06. The topological polar surface area (TPSA) is 87.2 Å². The van der Waals surface area contributed by atoms with Crippen LogP contribution in [0.4, 0.5) is 0 Å². The molecule has 0 aliphatic heterocycles. The van der Waals surface area contributed by atoms with Crippen molar-refractivity contribution in [3.8, 4) is 6.19 Å². The Kier molecular flexibility index (Phi) is 6.36. The average Bonchev–Trinajstić information content (AvgIpc) is 2.62. The number of carbonyl (C=O) groups excluding carboxylic acids is 2. The Hall–Kier alpha value is -2.35. The highest BCUT2D eigenvalue weighted by Crippen LogP contribution is 2.33. The zero-order valence-electron chi connectivity index (χ0n) is 14.2. The SMILES string of the molecule is CN(C#N)C(=O)[C@@H](CCC1CCCCC1)c1ccccc1C(N)=O. The van der Waals surface area contributed by atoms with Crippen LogP contribution in [0.5, 0.6) is 0 Å². The summed E-state index contributed by atoms with van der Waals surface area (Å²) in [6.45, 7) is 0. The number of nitrogens with two attached hydrogens (primary N) is 1. The van der Waals surface area contributed by atoms with Crippen molar-refractivity contribution in [1.29, 1.82) is 5.26 Å². The number of primary amides is 1. The van der Waals surface area contributed by atoms with Gasteiger partial charge in [0.05, 0.1) is 5.92 Å². The number of benzene rings is 1. The normalized spacial score (nSPS) is 16.2. The van der Waals surface area contributed by atoms with Crippen LogP contribution in [0.25, 0.3) is 0 Å². The fraction of sp³-hybridized carbons (Fsp3) is 0.526. The Morgan fingerprint density at radius 3 is 2.58 bits per heavy atom. The first kappa shape index (κ1) is 18.0. The smallest absolute Gasteiger partial charge is 0.249 e. The van der Waals surface area contributed by atoms with E-state index in [1.165, 1.54) is 39.2 Å². The van der Waals surface area contributed by atoms with E-state index < -0.39 is 11.8 Å². The van der Waals surface area contributed by atoms with Crippen molar-refractivity contribution < 1.29 is 9.59 Å². The van der Waals surface area contributed by atoms with Gasteiger partial charge in [-0.25, -0.2) is 0 Å². The zero-order valence-corrected chi connectivity index (χ0v) is 14.2. The highest BCUT2D eigenvalue weighted by Gasteiger charge is 2.28. The van der Waals surface area contributed by atoms with Gasteiger partial charge >= 0.3 is 0 Å². The molecule has 1 fully saturated rings. The molecule has 5 nitrogen and oxygen atoms in total. The molecule has 2 amide bonds. The van der Waals surface area contributed by atoms with Crippen LogP contribution in [-0.4, -0.2) is 23.8 Å². The molecule has 1 aromatic carbocycles. The Morgan fingerprint density at radius 2 is 1.96 bits per heavy atom. The summed E-state index contributed by atoms with van der Waals surface area (Å²) in [6, 6.07) is 6.95. The molecule has 0 bridgehead atoms. The number of carbonyl (C=O) groups is 2. The number of hydrogen-bond acceptors (Lipinski definition) is 3. The Labute approximate surface area is 143 Å². The highest BCUT2D eigenvalue weighted by molar-refractivity contribution is 5.97. The summed E-state index contributed by atoms with van der Waals surface area (Å²) in [7, 11) is 1.46. The number of likely N-dealkylation sites (N-methyl/N-ethyl adjacent to an activating group) is 1. The molecule has 0 spiro atoms. The number of hydrogen-bond donors (Lipinski definition) is 1. The Bertz CT molecular complexity index is 630. The molecule has 0 heterocycles. The molecular formula is C19H25N3O2. The van der Waals surface area contributed by atoms with Crippen LogP contribution in [0.2, 0.25) is 0 Å². The lowest BCUT2D eigenvalue weighted by molar-refractivity contribution is -0.129. The van der Waals surface area contributed by atoms with E-state index in [9.17, 15) is 9.59 Å². The number of amides is 2. The zero-order chi connectivity index (χ0) is 17.5. The van der Waals surface area contributed by atoms with Gasteiger partial charge in [0, 0.05) is 12.6 Å². The van der Waals surface area contributed by atoms with Crippen molar-refractivity contribution in [3.05, 3.63) is 35.4 Å². The minimum Gasteiger partial charge on any atom is -0.366 e. The van der Waals surface area contributed by atoms with Crippen molar-refractivity contribution in [1.82, 2.24) is 4.90 Å². The second-order valence-electron chi connectivity index (χ2n) is 6.58. The molecule has 1 aliphatic rings. The first-order valence-corrected chi connectivity index (χ1v) is 8.60. The molecule has 0 aromatic heterocycles. The first-order chi connectivity index (χ1) is 11.5. The molecule has 1 aromatic rings. The number of nitrogens with zero attached hydrogens (tertiary/aromatic N) is 2. The molecule has 128 valence electrons. The van der Waals surface area contributed by atoms with Crippen molar-refractivity contribution in [2.75, 3.05) is 7.05 Å². The second kappa shape index (κ2) is 8.49. The Morgan fingerprint density at radius 1 is 1.29 bits per heavy atom. The molecule has 0 saturated heterocycles. The molecule has 2 rings (SSSR count). The Balaban J connectivity index is 2.24. The van der Waals surface area contributed by atoms with Crippen LogP contribution in [-0.2, 0) is 4.79 Å². The van der Waals surface area contributed by atoms with Gasteiger partial charge in [-0.2, -0.15) is 5.26 Å². The van der Waals surface area contributed by atoms with Gasteiger partial charge in [-0.1, -0.05) is 50.3 Å². The van der Waals surface area contributed by atoms with Crippen molar-refractivity contribution in [2.45, 2.75) is 50.9 Å². The van der Waals surface area contributed by atoms with Gasteiger partial charge in [0.2, 0.25) is 11.8 Å². The minimum absolute atomic E-state index is 0.276. The summed E-state index contributed by atoms with van der Waals surface area (Å²) in [4.78, 5) is 25.4. The van der Waals surface area contributed by atoms with Gasteiger partial charge in [-0.3, -0.25) is 14.5 Å². The van der Waals surface area contributed by atoms with E-state index in [-0.39, 0.29) is 5.91 Å². The third-order valence-corrected chi connectivity index (χ3v) is 4.97. The van der Waals surface area contributed by atoms with E-state index in [0.29, 0.717) is 23.5 Å². The van der Waals surface area contributed by atoms with Gasteiger partial charge in [0.25, 0.3) is 0 Å². The summed E-state index contributed by atoms with van der Waals surface area (Å²) in [5.74, 6) is -0.690. The largest absolute Gasteiger partial charge is 0.366 e. The van der Waals surface area contributed by atoms with E-state index in [1.54, 1.807) is 24.3 Å². The van der Waals surface area contributed by atoms with E-state index in [4.69, 9.17) is 11.0 Å². The van der Waals surface area contributed by atoms with E-state index in [0.717, 1.165) is 11.3 Å². The molecule has 1 saturated carbocycles. The van der Waals surface area contributed by atoms with Crippen LogP contribution in [0, 0.1) is 17.4 Å². The third-order valence-electron chi connectivity index (χ3n) is 4.97. The third kappa shape index (κ3) is 4.35. The number of rotatable bonds is 6. The van der Waals surface area contributed by atoms with Crippen LogP contribution in [0.3, 0.4) is 0 Å². The predicted octanol–water partition coefficient (Wildman–Crippen LogP) is 3.17. The highest BCUT2D eigenvalue weighted by atomic mass is 16.2. The van der Waals surface area contributed by atoms with Gasteiger partial charge in [0.15, 0.2) is 6.19 Å². The summed E-state index contributed by atoms with van der Waals surface area (Å²) >= 11 is 0. The van der Waals surface area contributed by atoms with Crippen molar-refractivity contribution >= 4 is 11.8 Å². The quantitative estimate of drug-likeness (QED) is 0.643. The maximum absolute atomic E-state index is 12.7. The first-order valence-electron chi connectivity index (χ1n) is 8.60. The van der Waals surface area contributed by atoms with E-state index >= 15 is 0 Å². The molecule has 1 atom stereocenters. The van der Waals surface area contributed by atoms with Gasteiger partial charge < -0.3 is 5.73 Å².